The standard InChI is InChI=1S/C16H14N2O4/c1-8-12(15(19)20)14(13(16(21)22)9(2)18-8)11-6-4-3-5-10(11)7-17/h3-6,14,18H,1-2H3,(H,19,20)(H,21,22). The fraction of sp³-hybridized carbons (Fsp3) is 0.188. The normalized spacial score (nSPS) is 15.3. The summed E-state index contributed by atoms with van der Waals surface area (Å²) in [5.74, 6) is -3.42. The Kier molecular flexibility index (Phi) is 4.00. The van der Waals surface area contributed by atoms with Gasteiger partial charge in [-0.2, -0.15) is 5.26 Å². The third kappa shape index (κ3) is 2.44. The number of benzene rings is 1. The van der Waals surface area contributed by atoms with Crippen LogP contribution in [0.4, 0.5) is 0 Å². The molecule has 112 valence electrons. The molecule has 0 spiro atoms. The monoisotopic (exact) mass is 298 g/mol. The largest absolute Gasteiger partial charge is 0.478 e. The van der Waals surface area contributed by atoms with Gasteiger partial charge in [0.05, 0.1) is 28.7 Å². The van der Waals surface area contributed by atoms with E-state index in [-0.39, 0.29) is 16.7 Å². The molecular weight excluding hydrogens is 284 g/mol. The molecule has 6 nitrogen and oxygen atoms in total. The second kappa shape index (κ2) is 5.74. The summed E-state index contributed by atoms with van der Waals surface area (Å²) < 4.78 is 0. The summed E-state index contributed by atoms with van der Waals surface area (Å²) in [4.78, 5) is 23.3. The summed E-state index contributed by atoms with van der Waals surface area (Å²) in [6.45, 7) is 3.15. The van der Waals surface area contributed by atoms with Crippen molar-refractivity contribution >= 4 is 11.9 Å². The van der Waals surface area contributed by atoms with Gasteiger partial charge >= 0.3 is 11.9 Å². The Labute approximate surface area is 127 Å². The lowest BCUT2D eigenvalue weighted by molar-refractivity contribution is -0.133. The smallest absolute Gasteiger partial charge is 0.334 e. The zero-order chi connectivity index (χ0) is 16.4. The summed E-state index contributed by atoms with van der Waals surface area (Å²) in [5.41, 5.74) is 1.24. The van der Waals surface area contributed by atoms with Crippen LogP contribution >= 0.6 is 0 Å². The predicted molar refractivity (Wildman–Crippen MR) is 77.7 cm³/mol. The third-order valence-corrected chi connectivity index (χ3v) is 3.61. The Morgan fingerprint density at radius 3 is 2.05 bits per heavy atom. The van der Waals surface area contributed by atoms with Gasteiger partial charge in [-0.05, 0) is 25.5 Å². The zero-order valence-corrected chi connectivity index (χ0v) is 12.0. The molecule has 1 heterocycles. The molecule has 6 heteroatoms. The van der Waals surface area contributed by atoms with Crippen molar-refractivity contribution in [1.29, 1.82) is 5.26 Å². The summed E-state index contributed by atoms with van der Waals surface area (Å²) in [6, 6.07) is 8.42. The van der Waals surface area contributed by atoms with Gasteiger partial charge in [-0.25, -0.2) is 9.59 Å². The number of carboxylic acid groups (broad SMARTS) is 2. The molecule has 3 N–H and O–H groups in total. The van der Waals surface area contributed by atoms with Crippen LogP contribution in [-0.2, 0) is 9.59 Å². The summed E-state index contributed by atoms with van der Waals surface area (Å²) in [6.07, 6.45) is 0. The Bertz CT molecular complexity index is 733. The highest BCUT2D eigenvalue weighted by Crippen LogP contribution is 2.39. The lowest BCUT2D eigenvalue weighted by Gasteiger charge is -2.29. The van der Waals surface area contributed by atoms with Crippen LogP contribution in [0.2, 0.25) is 0 Å². The molecule has 22 heavy (non-hydrogen) atoms. The molecule has 0 unspecified atom stereocenters. The summed E-state index contributed by atoms with van der Waals surface area (Å²) >= 11 is 0. The van der Waals surface area contributed by atoms with Gasteiger partial charge in [-0.3, -0.25) is 0 Å². The van der Waals surface area contributed by atoms with Crippen LogP contribution in [0.1, 0.15) is 30.9 Å². The number of nitriles is 1. The van der Waals surface area contributed by atoms with Crippen molar-refractivity contribution in [1.82, 2.24) is 5.32 Å². The highest BCUT2D eigenvalue weighted by molar-refractivity contribution is 5.98. The number of carboxylic acids is 2. The van der Waals surface area contributed by atoms with Gasteiger partial charge in [0.15, 0.2) is 0 Å². The van der Waals surface area contributed by atoms with E-state index < -0.39 is 17.9 Å². The van der Waals surface area contributed by atoms with Crippen molar-refractivity contribution in [3.8, 4) is 6.07 Å². The van der Waals surface area contributed by atoms with Crippen molar-refractivity contribution in [2.24, 2.45) is 0 Å². The first-order chi connectivity index (χ1) is 10.4. The van der Waals surface area contributed by atoms with Gasteiger partial charge in [0.1, 0.15) is 0 Å². The number of hydrogen-bond donors (Lipinski definition) is 3. The summed E-state index contributed by atoms with van der Waals surface area (Å²) in [7, 11) is 0. The Morgan fingerprint density at radius 2 is 1.59 bits per heavy atom. The minimum atomic E-state index is -1.21. The van der Waals surface area contributed by atoms with Crippen LogP contribution in [0.25, 0.3) is 0 Å². The fourth-order valence-electron chi connectivity index (χ4n) is 2.72. The molecule has 0 atom stereocenters. The number of aliphatic carboxylic acids is 2. The molecule has 0 aliphatic carbocycles. The Balaban J connectivity index is 2.79. The van der Waals surface area contributed by atoms with Gasteiger partial charge in [0.25, 0.3) is 0 Å². The van der Waals surface area contributed by atoms with Crippen LogP contribution in [0.5, 0.6) is 0 Å². The molecule has 0 radical (unpaired) electrons. The predicted octanol–water partition coefficient (Wildman–Crippen LogP) is 1.96. The van der Waals surface area contributed by atoms with Gasteiger partial charge in [0, 0.05) is 11.4 Å². The van der Waals surface area contributed by atoms with Crippen molar-refractivity contribution in [2.45, 2.75) is 19.8 Å². The minimum Gasteiger partial charge on any atom is -0.478 e. The molecule has 0 amide bonds. The van der Waals surface area contributed by atoms with Crippen molar-refractivity contribution in [2.75, 3.05) is 0 Å². The molecular formula is C16H14N2O4. The topological polar surface area (TPSA) is 110 Å². The molecule has 1 aliphatic heterocycles. The number of dihydropyridines is 1. The molecule has 0 fully saturated rings. The maximum atomic E-state index is 11.6. The average molecular weight is 298 g/mol. The van der Waals surface area contributed by atoms with Crippen LogP contribution in [0, 0.1) is 11.3 Å². The highest BCUT2D eigenvalue weighted by Gasteiger charge is 2.37. The second-order valence-corrected chi connectivity index (χ2v) is 4.94. The van der Waals surface area contributed by atoms with Gasteiger partial charge in [-0.15, -0.1) is 0 Å². The van der Waals surface area contributed by atoms with E-state index in [1.807, 2.05) is 6.07 Å². The van der Waals surface area contributed by atoms with Gasteiger partial charge in [0.2, 0.25) is 0 Å². The van der Waals surface area contributed by atoms with Gasteiger partial charge in [-0.1, -0.05) is 18.2 Å². The van der Waals surface area contributed by atoms with Crippen LogP contribution in [-0.4, -0.2) is 22.2 Å². The van der Waals surface area contributed by atoms with Gasteiger partial charge < -0.3 is 15.5 Å². The number of carbonyl (C=O) groups is 2. The Morgan fingerprint density at radius 1 is 1.09 bits per heavy atom. The third-order valence-electron chi connectivity index (χ3n) is 3.61. The number of nitrogens with zero attached hydrogens (tertiary/aromatic N) is 1. The van der Waals surface area contributed by atoms with E-state index in [1.165, 1.54) is 0 Å². The first-order valence-corrected chi connectivity index (χ1v) is 6.52. The van der Waals surface area contributed by atoms with E-state index in [2.05, 4.69) is 5.32 Å². The number of rotatable bonds is 3. The van der Waals surface area contributed by atoms with E-state index in [0.717, 1.165) is 0 Å². The molecule has 2 rings (SSSR count). The quantitative estimate of drug-likeness (QED) is 0.786. The van der Waals surface area contributed by atoms with Crippen LogP contribution in [0.3, 0.4) is 0 Å². The van der Waals surface area contributed by atoms with E-state index in [0.29, 0.717) is 17.0 Å². The van der Waals surface area contributed by atoms with E-state index in [9.17, 15) is 25.1 Å². The minimum absolute atomic E-state index is 0.0642. The van der Waals surface area contributed by atoms with Crippen LogP contribution < -0.4 is 5.32 Å². The highest BCUT2D eigenvalue weighted by atomic mass is 16.4. The number of allylic oxidation sites excluding steroid dienone is 2. The van der Waals surface area contributed by atoms with Crippen molar-refractivity contribution in [3.05, 3.63) is 57.9 Å². The molecule has 1 aliphatic rings. The zero-order valence-electron chi connectivity index (χ0n) is 12.0. The second-order valence-electron chi connectivity index (χ2n) is 4.94. The maximum absolute atomic E-state index is 11.6. The molecule has 0 aromatic heterocycles. The van der Waals surface area contributed by atoms with E-state index in [1.54, 1.807) is 38.1 Å². The molecule has 1 aromatic rings. The average Bonchev–Trinajstić information content (AvgIpc) is 2.45. The fourth-order valence-corrected chi connectivity index (χ4v) is 2.72. The van der Waals surface area contributed by atoms with Crippen LogP contribution in [0.15, 0.2) is 46.8 Å². The Hall–Kier alpha value is -3.07. The van der Waals surface area contributed by atoms with E-state index in [4.69, 9.17) is 0 Å². The first kappa shape index (κ1) is 15.3. The van der Waals surface area contributed by atoms with Crippen molar-refractivity contribution < 1.29 is 19.8 Å². The number of nitrogens with one attached hydrogen (secondary N) is 1. The molecule has 0 bridgehead atoms. The lowest BCUT2D eigenvalue weighted by atomic mass is 9.79. The maximum Gasteiger partial charge on any atom is 0.334 e. The summed E-state index contributed by atoms with van der Waals surface area (Å²) in [5, 5.41) is 31.0. The van der Waals surface area contributed by atoms with Crippen molar-refractivity contribution in [3.63, 3.8) is 0 Å². The SMILES string of the molecule is CC1=C(C(=O)O)C(c2ccccc2C#N)C(C(=O)O)=C(C)N1. The molecule has 0 saturated carbocycles. The lowest BCUT2D eigenvalue weighted by Crippen LogP contribution is -2.31. The number of hydrogen-bond acceptors (Lipinski definition) is 4. The molecule has 1 aromatic carbocycles. The molecule has 0 saturated heterocycles. The van der Waals surface area contributed by atoms with E-state index >= 15 is 0 Å². The first-order valence-electron chi connectivity index (χ1n) is 6.52.